The van der Waals surface area contributed by atoms with Gasteiger partial charge in [0.05, 0.1) is 30.4 Å². The molecular weight excluding hydrogens is 400 g/mol. The number of benzene rings is 2. The van der Waals surface area contributed by atoms with Crippen LogP contribution in [0.1, 0.15) is 17.3 Å². The monoisotopic (exact) mass is 422 g/mol. The third-order valence-electron chi connectivity index (χ3n) is 3.97. The maximum absolute atomic E-state index is 12.4. The SMILES string of the molecule is CNS(=O)(=O)c1cccc(C(=O)O[C@H](C)C(=O)Nc2cc(OC)ccc2OC)c1. The molecule has 0 spiro atoms. The fourth-order valence-corrected chi connectivity index (χ4v) is 3.11. The molecule has 0 fully saturated rings. The first-order valence-corrected chi connectivity index (χ1v) is 9.97. The second kappa shape index (κ2) is 9.39. The average molecular weight is 422 g/mol. The van der Waals surface area contributed by atoms with Gasteiger partial charge in [0.1, 0.15) is 11.5 Å². The third-order valence-corrected chi connectivity index (χ3v) is 5.38. The summed E-state index contributed by atoms with van der Waals surface area (Å²) in [7, 11) is 0.484. The van der Waals surface area contributed by atoms with E-state index in [-0.39, 0.29) is 10.5 Å². The molecule has 0 aliphatic heterocycles. The highest BCUT2D eigenvalue weighted by atomic mass is 32.2. The maximum Gasteiger partial charge on any atom is 0.338 e. The van der Waals surface area contributed by atoms with Crippen LogP contribution in [-0.4, -0.2) is 47.7 Å². The Morgan fingerprint density at radius 2 is 1.76 bits per heavy atom. The van der Waals surface area contributed by atoms with Crippen LogP contribution in [0, 0.1) is 0 Å². The van der Waals surface area contributed by atoms with Crippen molar-refractivity contribution >= 4 is 27.6 Å². The zero-order chi connectivity index (χ0) is 21.6. The van der Waals surface area contributed by atoms with Crippen LogP contribution >= 0.6 is 0 Å². The lowest BCUT2D eigenvalue weighted by Crippen LogP contribution is -2.30. The molecule has 2 aromatic rings. The number of ether oxygens (including phenoxy) is 3. The van der Waals surface area contributed by atoms with Crippen molar-refractivity contribution in [2.75, 3.05) is 26.6 Å². The van der Waals surface area contributed by atoms with E-state index in [1.54, 1.807) is 18.2 Å². The first-order chi connectivity index (χ1) is 13.7. The van der Waals surface area contributed by atoms with Gasteiger partial charge in [-0.1, -0.05) is 6.07 Å². The molecule has 2 aromatic carbocycles. The highest BCUT2D eigenvalue weighted by Gasteiger charge is 2.22. The number of amides is 1. The zero-order valence-electron chi connectivity index (χ0n) is 16.4. The first-order valence-electron chi connectivity index (χ1n) is 8.49. The average Bonchev–Trinajstić information content (AvgIpc) is 2.73. The molecule has 9 nitrogen and oxygen atoms in total. The number of nitrogens with one attached hydrogen (secondary N) is 2. The summed E-state index contributed by atoms with van der Waals surface area (Å²) in [6.07, 6.45) is -1.15. The van der Waals surface area contributed by atoms with Gasteiger partial charge in [-0.2, -0.15) is 0 Å². The van der Waals surface area contributed by atoms with Gasteiger partial charge in [0.25, 0.3) is 5.91 Å². The molecule has 0 saturated heterocycles. The van der Waals surface area contributed by atoms with E-state index in [1.807, 2.05) is 0 Å². The van der Waals surface area contributed by atoms with Crippen molar-refractivity contribution in [3.8, 4) is 11.5 Å². The molecule has 0 unspecified atom stereocenters. The summed E-state index contributed by atoms with van der Waals surface area (Å²) in [6, 6.07) is 10.2. The summed E-state index contributed by atoms with van der Waals surface area (Å²) < 4.78 is 41.4. The number of rotatable bonds is 8. The van der Waals surface area contributed by atoms with Crippen LogP contribution in [0.25, 0.3) is 0 Å². The second-order valence-corrected chi connectivity index (χ2v) is 7.72. The van der Waals surface area contributed by atoms with Crippen LogP contribution in [0.4, 0.5) is 5.69 Å². The molecule has 0 aliphatic carbocycles. The van der Waals surface area contributed by atoms with Gasteiger partial charge in [-0.05, 0) is 44.3 Å². The van der Waals surface area contributed by atoms with Crippen LogP contribution in [0.3, 0.4) is 0 Å². The number of sulfonamides is 1. The van der Waals surface area contributed by atoms with Gasteiger partial charge >= 0.3 is 5.97 Å². The number of anilines is 1. The minimum atomic E-state index is -3.72. The molecular formula is C19H22N2O7S. The van der Waals surface area contributed by atoms with E-state index >= 15 is 0 Å². The number of carbonyl (C=O) groups excluding carboxylic acids is 2. The Labute approximate surface area is 169 Å². The molecule has 2 N–H and O–H groups in total. The normalized spacial score (nSPS) is 12.0. The molecule has 0 heterocycles. The Bertz CT molecular complexity index is 1010. The second-order valence-electron chi connectivity index (χ2n) is 5.84. The quantitative estimate of drug-likeness (QED) is 0.622. The Balaban J connectivity index is 2.12. The Morgan fingerprint density at radius 1 is 1.03 bits per heavy atom. The molecule has 1 amide bonds. The number of methoxy groups -OCH3 is 2. The van der Waals surface area contributed by atoms with Crippen LogP contribution in [0.5, 0.6) is 11.5 Å². The Kier molecular flexibility index (Phi) is 7.18. The summed E-state index contributed by atoms with van der Waals surface area (Å²) in [4.78, 5) is 24.7. The van der Waals surface area contributed by atoms with Crippen LogP contribution in [0.2, 0.25) is 0 Å². The van der Waals surface area contributed by atoms with Crippen LogP contribution < -0.4 is 19.5 Å². The van der Waals surface area contributed by atoms with Gasteiger partial charge in [0, 0.05) is 6.07 Å². The summed E-state index contributed by atoms with van der Waals surface area (Å²) in [5, 5.41) is 2.61. The van der Waals surface area contributed by atoms with Gasteiger partial charge in [-0.25, -0.2) is 17.9 Å². The van der Waals surface area contributed by atoms with Crippen molar-refractivity contribution in [3.63, 3.8) is 0 Å². The van der Waals surface area contributed by atoms with Crippen molar-refractivity contribution in [2.24, 2.45) is 0 Å². The van der Waals surface area contributed by atoms with E-state index in [1.165, 1.54) is 52.5 Å². The van der Waals surface area contributed by atoms with E-state index < -0.39 is 28.0 Å². The van der Waals surface area contributed by atoms with E-state index in [0.717, 1.165) is 0 Å². The van der Waals surface area contributed by atoms with Crippen molar-refractivity contribution in [3.05, 3.63) is 48.0 Å². The van der Waals surface area contributed by atoms with E-state index in [9.17, 15) is 18.0 Å². The third kappa shape index (κ3) is 5.46. The standard InChI is InChI=1S/C19H22N2O7S/c1-12(18(22)21-16-11-14(26-3)8-9-17(16)27-4)28-19(23)13-6-5-7-15(10-13)29(24,25)20-2/h5-12,20H,1-4H3,(H,21,22)/t12-/m1/s1. The first kappa shape index (κ1) is 22.2. The van der Waals surface area contributed by atoms with Gasteiger partial charge in [0.2, 0.25) is 10.0 Å². The molecule has 156 valence electrons. The lowest BCUT2D eigenvalue weighted by molar-refractivity contribution is -0.123. The molecule has 29 heavy (non-hydrogen) atoms. The number of hydrogen-bond donors (Lipinski definition) is 2. The van der Waals surface area contributed by atoms with Gasteiger partial charge in [-0.3, -0.25) is 4.79 Å². The molecule has 0 radical (unpaired) electrons. The molecule has 2 rings (SSSR count). The van der Waals surface area contributed by atoms with E-state index in [0.29, 0.717) is 17.2 Å². The molecule has 10 heteroatoms. The van der Waals surface area contributed by atoms with E-state index in [4.69, 9.17) is 14.2 Å². The number of hydrogen-bond acceptors (Lipinski definition) is 7. The lowest BCUT2D eigenvalue weighted by Gasteiger charge is -2.16. The van der Waals surface area contributed by atoms with Crippen molar-refractivity contribution in [1.82, 2.24) is 4.72 Å². The lowest BCUT2D eigenvalue weighted by atomic mass is 10.2. The molecule has 0 saturated carbocycles. The number of carbonyl (C=O) groups is 2. The highest BCUT2D eigenvalue weighted by molar-refractivity contribution is 7.89. The van der Waals surface area contributed by atoms with Crippen molar-refractivity contribution < 1.29 is 32.2 Å². The molecule has 0 bridgehead atoms. The predicted octanol–water partition coefficient (Wildman–Crippen LogP) is 1.80. The Hall–Kier alpha value is -3.11. The van der Waals surface area contributed by atoms with Gasteiger partial charge in [0.15, 0.2) is 6.10 Å². The van der Waals surface area contributed by atoms with Crippen LogP contribution in [-0.2, 0) is 19.6 Å². The molecule has 0 aliphatic rings. The Morgan fingerprint density at radius 3 is 2.38 bits per heavy atom. The van der Waals surface area contributed by atoms with Crippen molar-refractivity contribution in [2.45, 2.75) is 17.9 Å². The largest absolute Gasteiger partial charge is 0.497 e. The fraction of sp³-hybridized carbons (Fsp3) is 0.263. The molecule has 0 aromatic heterocycles. The fourth-order valence-electron chi connectivity index (χ4n) is 2.34. The summed E-state index contributed by atoms with van der Waals surface area (Å²) in [5.74, 6) is -0.515. The van der Waals surface area contributed by atoms with Gasteiger partial charge in [-0.15, -0.1) is 0 Å². The maximum atomic E-state index is 12.4. The molecule has 1 atom stereocenters. The smallest absolute Gasteiger partial charge is 0.338 e. The predicted molar refractivity (Wildman–Crippen MR) is 106 cm³/mol. The van der Waals surface area contributed by atoms with Crippen LogP contribution in [0.15, 0.2) is 47.4 Å². The number of esters is 1. The summed E-state index contributed by atoms with van der Waals surface area (Å²) in [5.41, 5.74) is 0.349. The van der Waals surface area contributed by atoms with Crippen molar-refractivity contribution in [1.29, 1.82) is 0 Å². The highest BCUT2D eigenvalue weighted by Crippen LogP contribution is 2.29. The summed E-state index contributed by atoms with van der Waals surface area (Å²) >= 11 is 0. The van der Waals surface area contributed by atoms with E-state index in [2.05, 4.69) is 10.0 Å². The summed E-state index contributed by atoms with van der Waals surface area (Å²) in [6.45, 7) is 1.40. The minimum Gasteiger partial charge on any atom is -0.497 e. The zero-order valence-corrected chi connectivity index (χ0v) is 17.2. The minimum absolute atomic E-state index is 0.0000593. The van der Waals surface area contributed by atoms with Gasteiger partial charge < -0.3 is 19.5 Å². The topological polar surface area (TPSA) is 120 Å².